The summed E-state index contributed by atoms with van der Waals surface area (Å²) in [6, 6.07) is 5.71. The van der Waals surface area contributed by atoms with Gasteiger partial charge in [0.1, 0.15) is 5.84 Å². The average molecular weight is 204 g/mol. The summed E-state index contributed by atoms with van der Waals surface area (Å²) in [5.74, 6) is 0.351. The predicted octanol–water partition coefficient (Wildman–Crippen LogP) is 0.129. The van der Waals surface area contributed by atoms with Crippen molar-refractivity contribution in [1.29, 1.82) is 0 Å². The van der Waals surface area contributed by atoms with Crippen molar-refractivity contribution < 1.29 is 4.79 Å². The molecule has 1 amide bonds. The third-order valence-corrected chi connectivity index (χ3v) is 2.18. The van der Waals surface area contributed by atoms with Crippen LogP contribution >= 0.6 is 0 Å². The Morgan fingerprint density at radius 3 is 2.93 bits per heavy atom. The van der Waals surface area contributed by atoms with E-state index in [1.807, 2.05) is 18.2 Å². The van der Waals surface area contributed by atoms with Crippen LogP contribution < -0.4 is 5.73 Å². The van der Waals surface area contributed by atoms with Crippen LogP contribution in [0.1, 0.15) is 12.1 Å². The number of carbonyl (C=O) groups is 1. The van der Waals surface area contributed by atoms with Crippen molar-refractivity contribution in [2.75, 3.05) is 6.54 Å². The van der Waals surface area contributed by atoms with E-state index in [1.165, 1.54) is 5.01 Å². The van der Waals surface area contributed by atoms with Crippen molar-refractivity contribution in [1.82, 2.24) is 9.99 Å². The molecule has 1 aliphatic heterocycles. The lowest BCUT2D eigenvalue weighted by Gasteiger charge is -2.10. The zero-order chi connectivity index (χ0) is 10.7. The minimum Gasteiger partial charge on any atom is -0.385 e. The van der Waals surface area contributed by atoms with Gasteiger partial charge in [0.2, 0.25) is 5.91 Å². The number of hydrogen-bond donors (Lipinski definition) is 1. The quantitative estimate of drug-likeness (QED) is 0.760. The number of nitrogens with two attached hydrogens (primary N) is 1. The van der Waals surface area contributed by atoms with Gasteiger partial charge in [-0.05, 0) is 12.1 Å². The first-order valence-corrected chi connectivity index (χ1v) is 4.79. The van der Waals surface area contributed by atoms with Crippen molar-refractivity contribution in [2.45, 2.75) is 12.8 Å². The maximum atomic E-state index is 11.3. The molecule has 0 radical (unpaired) electrons. The zero-order valence-electron chi connectivity index (χ0n) is 8.26. The molecule has 1 aromatic rings. The molecule has 0 unspecified atom stereocenters. The van der Waals surface area contributed by atoms with Crippen LogP contribution in [-0.2, 0) is 11.2 Å². The van der Waals surface area contributed by atoms with Gasteiger partial charge in [0.15, 0.2) is 0 Å². The molecule has 1 aliphatic rings. The number of hydrazone groups is 1. The van der Waals surface area contributed by atoms with E-state index >= 15 is 0 Å². The average Bonchev–Trinajstić information content (AvgIpc) is 2.56. The van der Waals surface area contributed by atoms with E-state index in [1.54, 1.807) is 6.20 Å². The van der Waals surface area contributed by atoms with Crippen molar-refractivity contribution in [3.63, 3.8) is 0 Å². The molecule has 0 fully saturated rings. The second kappa shape index (κ2) is 4.08. The van der Waals surface area contributed by atoms with Crippen LogP contribution in [-0.4, -0.2) is 28.3 Å². The number of hydrogen-bond acceptors (Lipinski definition) is 4. The molecule has 0 saturated heterocycles. The van der Waals surface area contributed by atoms with Crippen molar-refractivity contribution in [2.24, 2.45) is 10.8 Å². The van der Waals surface area contributed by atoms with E-state index in [0.29, 0.717) is 18.8 Å². The smallest absolute Gasteiger partial charge is 0.250 e. The summed E-state index contributed by atoms with van der Waals surface area (Å²) in [5, 5.41) is 5.34. The number of nitrogens with zero attached hydrogens (tertiary/aromatic N) is 3. The fourth-order valence-electron chi connectivity index (χ4n) is 1.43. The number of amidine groups is 1. The monoisotopic (exact) mass is 204 g/mol. The molecule has 2 heterocycles. The molecular formula is C10H12N4O. The van der Waals surface area contributed by atoms with Crippen LogP contribution in [0.15, 0.2) is 29.5 Å². The van der Waals surface area contributed by atoms with Gasteiger partial charge in [-0.15, -0.1) is 0 Å². The topological polar surface area (TPSA) is 71.6 Å². The molecule has 2 N–H and O–H groups in total. The number of carbonyl (C=O) groups excluding carboxylic acids is 1. The van der Waals surface area contributed by atoms with Crippen LogP contribution in [0.2, 0.25) is 0 Å². The summed E-state index contributed by atoms with van der Waals surface area (Å²) in [6.45, 7) is 0.538. The maximum Gasteiger partial charge on any atom is 0.250 e. The highest BCUT2D eigenvalue weighted by Crippen LogP contribution is 2.06. The molecule has 0 aromatic carbocycles. The summed E-state index contributed by atoms with van der Waals surface area (Å²) in [7, 11) is 0. The Hall–Kier alpha value is -1.91. The highest BCUT2D eigenvalue weighted by molar-refractivity contribution is 6.02. The van der Waals surface area contributed by atoms with Gasteiger partial charge in [-0.2, -0.15) is 5.10 Å². The molecule has 0 atom stereocenters. The first-order valence-electron chi connectivity index (χ1n) is 4.79. The molecule has 1 aromatic heterocycles. The molecule has 0 saturated carbocycles. The van der Waals surface area contributed by atoms with E-state index < -0.39 is 0 Å². The van der Waals surface area contributed by atoms with Crippen LogP contribution in [0, 0.1) is 0 Å². The molecule has 2 rings (SSSR count). The third-order valence-electron chi connectivity index (χ3n) is 2.18. The Morgan fingerprint density at radius 2 is 2.33 bits per heavy atom. The summed E-state index contributed by atoms with van der Waals surface area (Å²) in [4.78, 5) is 15.5. The molecule has 15 heavy (non-hydrogen) atoms. The van der Waals surface area contributed by atoms with Crippen molar-refractivity contribution >= 4 is 11.7 Å². The molecule has 78 valence electrons. The predicted molar refractivity (Wildman–Crippen MR) is 55.9 cm³/mol. The van der Waals surface area contributed by atoms with Gasteiger partial charge in [-0.1, -0.05) is 6.07 Å². The van der Waals surface area contributed by atoms with Gasteiger partial charge < -0.3 is 5.73 Å². The molecule has 5 heteroatoms. The molecule has 5 nitrogen and oxygen atoms in total. The number of amides is 1. The van der Waals surface area contributed by atoms with Gasteiger partial charge in [-0.25, -0.2) is 5.01 Å². The van der Waals surface area contributed by atoms with Gasteiger partial charge in [0, 0.05) is 18.3 Å². The lowest BCUT2D eigenvalue weighted by atomic mass is 10.2. The molecular weight excluding hydrogens is 192 g/mol. The number of rotatable bonds is 3. The van der Waals surface area contributed by atoms with Crippen LogP contribution in [0.25, 0.3) is 0 Å². The Bertz CT molecular complexity index is 388. The third kappa shape index (κ3) is 2.31. The minimum atomic E-state index is -0.0385. The molecule has 0 aliphatic carbocycles. The fourth-order valence-corrected chi connectivity index (χ4v) is 1.43. The van der Waals surface area contributed by atoms with E-state index in [4.69, 9.17) is 5.73 Å². The number of pyridine rings is 1. The Balaban J connectivity index is 1.92. The summed E-state index contributed by atoms with van der Waals surface area (Å²) in [6.07, 6.45) is 2.67. The summed E-state index contributed by atoms with van der Waals surface area (Å²) in [5.41, 5.74) is 6.41. The standard InChI is InChI=1S/C10H12N4O/c11-9-7-10(15)14(13-9)6-4-8-3-1-2-5-12-8/h1-3,5H,4,6-7H2,(H2,11,13). The van der Waals surface area contributed by atoms with Gasteiger partial charge in [0.05, 0.1) is 13.0 Å². The van der Waals surface area contributed by atoms with E-state index in [-0.39, 0.29) is 12.3 Å². The fraction of sp³-hybridized carbons (Fsp3) is 0.300. The first-order chi connectivity index (χ1) is 7.25. The highest BCUT2D eigenvalue weighted by Gasteiger charge is 2.21. The van der Waals surface area contributed by atoms with Gasteiger partial charge in [-0.3, -0.25) is 9.78 Å². The SMILES string of the molecule is NC1=NN(CCc2ccccn2)C(=O)C1. The Labute approximate surface area is 87.6 Å². The maximum absolute atomic E-state index is 11.3. The Kier molecular flexibility index (Phi) is 2.62. The Morgan fingerprint density at radius 1 is 1.47 bits per heavy atom. The zero-order valence-corrected chi connectivity index (χ0v) is 8.26. The largest absolute Gasteiger partial charge is 0.385 e. The minimum absolute atomic E-state index is 0.0385. The first kappa shape index (κ1) is 9.64. The van der Waals surface area contributed by atoms with Crippen LogP contribution in [0.4, 0.5) is 0 Å². The van der Waals surface area contributed by atoms with Crippen molar-refractivity contribution in [3.8, 4) is 0 Å². The molecule has 0 bridgehead atoms. The van der Waals surface area contributed by atoms with E-state index in [9.17, 15) is 4.79 Å². The van der Waals surface area contributed by atoms with E-state index in [0.717, 1.165) is 5.69 Å². The van der Waals surface area contributed by atoms with Gasteiger partial charge in [0.25, 0.3) is 0 Å². The van der Waals surface area contributed by atoms with E-state index in [2.05, 4.69) is 10.1 Å². The molecule has 0 spiro atoms. The second-order valence-electron chi connectivity index (χ2n) is 3.36. The summed E-state index contributed by atoms with van der Waals surface area (Å²) < 4.78 is 0. The van der Waals surface area contributed by atoms with Crippen LogP contribution in [0.5, 0.6) is 0 Å². The second-order valence-corrected chi connectivity index (χ2v) is 3.36. The lowest BCUT2D eigenvalue weighted by Crippen LogP contribution is -2.23. The highest BCUT2D eigenvalue weighted by atomic mass is 16.2. The number of aromatic nitrogens is 1. The normalized spacial score (nSPS) is 15.6. The lowest BCUT2D eigenvalue weighted by molar-refractivity contribution is -0.128. The van der Waals surface area contributed by atoms with Crippen molar-refractivity contribution in [3.05, 3.63) is 30.1 Å². The summed E-state index contributed by atoms with van der Waals surface area (Å²) >= 11 is 0. The van der Waals surface area contributed by atoms with Crippen LogP contribution in [0.3, 0.4) is 0 Å². The van der Waals surface area contributed by atoms with Gasteiger partial charge >= 0.3 is 0 Å².